The molecule has 0 saturated carbocycles. The van der Waals surface area contributed by atoms with Crippen molar-refractivity contribution in [2.75, 3.05) is 12.0 Å². The van der Waals surface area contributed by atoms with Gasteiger partial charge in [0.2, 0.25) is 0 Å². The lowest BCUT2D eigenvalue weighted by Crippen LogP contribution is -2.10. The summed E-state index contributed by atoms with van der Waals surface area (Å²) in [6, 6.07) is 9.57. The van der Waals surface area contributed by atoms with Crippen LogP contribution in [0.4, 0.5) is 5.82 Å². The number of nitrogens with two attached hydrogens (primary N) is 1. The third-order valence-electron chi connectivity index (χ3n) is 2.72. The number of para-hydroxylation sites is 1. The van der Waals surface area contributed by atoms with Gasteiger partial charge in [0, 0.05) is 11.8 Å². The maximum absolute atomic E-state index is 5.61. The van der Waals surface area contributed by atoms with E-state index in [1.807, 2.05) is 44.2 Å². The molecule has 19 heavy (non-hydrogen) atoms. The number of nitrogens with one attached hydrogen (secondary N) is 1. The van der Waals surface area contributed by atoms with Gasteiger partial charge < -0.3 is 10.2 Å². The molecule has 0 aliphatic heterocycles. The van der Waals surface area contributed by atoms with Crippen LogP contribution in [0.2, 0.25) is 0 Å². The number of hydrazine groups is 1. The molecule has 0 aliphatic rings. The van der Waals surface area contributed by atoms with Crippen molar-refractivity contribution in [2.45, 2.75) is 20.3 Å². The molecule has 0 aliphatic carbocycles. The van der Waals surface area contributed by atoms with Crippen molar-refractivity contribution in [2.24, 2.45) is 5.84 Å². The molecule has 100 valence electrons. The third kappa shape index (κ3) is 3.00. The minimum atomic E-state index is 0.604. The van der Waals surface area contributed by atoms with Crippen molar-refractivity contribution in [3.63, 3.8) is 0 Å². The average molecular weight is 258 g/mol. The van der Waals surface area contributed by atoms with Crippen LogP contribution >= 0.6 is 0 Å². The molecule has 1 heterocycles. The quantitative estimate of drug-likeness (QED) is 0.636. The van der Waals surface area contributed by atoms with Crippen LogP contribution in [0.25, 0.3) is 11.4 Å². The molecule has 3 N–H and O–H groups in total. The standard InChI is InChI=1S/C14H18N4O/c1-3-10-9-13(18-15)17-14(16-10)11-7-5-6-8-12(11)19-4-2/h5-9H,3-4,15H2,1-2H3,(H,16,17,18). The maximum Gasteiger partial charge on any atom is 0.165 e. The highest BCUT2D eigenvalue weighted by Crippen LogP contribution is 2.28. The molecule has 0 amide bonds. The average Bonchev–Trinajstić information content (AvgIpc) is 2.47. The van der Waals surface area contributed by atoms with Crippen molar-refractivity contribution in [3.8, 4) is 17.1 Å². The second-order valence-corrected chi connectivity index (χ2v) is 4.00. The first-order chi connectivity index (χ1) is 9.28. The zero-order valence-electron chi connectivity index (χ0n) is 11.2. The normalized spacial score (nSPS) is 10.3. The van der Waals surface area contributed by atoms with Gasteiger partial charge in [0.25, 0.3) is 0 Å². The molecule has 0 saturated heterocycles. The van der Waals surface area contributed by atoms with E-state index in [0.29, 0.717) is 18.2 Å². The summed E-state index contributed by atoms with van der Waals surface area (Å²) in [5, 5.41) is 0. The number of hydrogen-bond acceptors (Lipinski definition) is 5. The van der Waals surface area contributed by atoms with Crippen LogP contribution in [0.3, 0.4) is 0 Å². The molecule has 0 unspecified atom stereocenters. The van der Waals surface area contributed by atoms with E-state index in [0.717, 1.165) is 23.4 Å². The van der Waals surface area contributed by atoms with E-state index in [1.165, 1.54) is 0 Å². The number of benzene rings is 1. The minimum absolute atomic E-state index is 0.604. The summed E-state index contributed by atoms with van der Waals surface area (Å²) < 4.78 is 5.61. The summed E-state index contributed by atoms with van der Waals surface area (Å²) >= 11 is 0. The Kier molecular flexibility index (Phi) is 4.30. The Morgan fingerprint density at radius 1 is 1.21 bits per heavy atom. The molecule has 0 radical (unpaired) electrons. The second kappa shape index (κ2) is 6.15. The van der Waals surface area contributed by atoms with E-state index in [2.05, 4.69) is 15.4 Å². The zero-order chi connectivity index (χ0) is 13.7. The minimum Gasteiger partial charge on any atom is -0.493 e. The van der Waals surface area contributed by atoms with Crippen LogP contribution in [-0.2, 0) is 6.42 Å². The molecule has 1 aromatic heterocycles. The first-order valence-corrected chi connectivity index (χ1v) is 6.35. The summed E-state index contributed by atoms with van der Waals surface area (Å²) in [5.74, 6) is 7.45. The number of aryl methyl sites for hydroxylation is 1. The topological polar surface area (TPSA) is 73.1 Å². The van der Waals surface area contributed by atoms with Crippen LogP contribution in [-0.4, -0.2) is 16.6 Å². The Labute approximate surface area is 112 Å². The molecule has 2 aromatic rings. The summed E-state index contributed by atoms with van der Waals surface area (Å²) in [6.07, 6.45) is 0.820. The molecule has 1 aromatic carbocycles. The summed E-state index contributed by atoms with van der Waals surface area (Å²) in [6.45, 7) is 4.60. The number of nitrogens with zero attached hydrogens (tertiary/aromatic N) is 2. The lowest BCUT2D eigenvalue weighted by molar-refractivity contribution is 0.341. The lowest BCUT2D eigenvalue weighted by Gasteiger charge is -2.11. The first kappa shape index (κ1) is 13.3. The number of hydrogen-bond donors (Lipinski definition) is 2. The fourth-order valence-electron chi connectivity index (χ4n) is 1.81. The number of ether oxygens (including phenoxy) is 1. The molecule has 5 heteroatoms. The predicted octanol–water partition coefficient (Wildman–Crippen LogP) is 2.39. The van der Waals surface area contributed by atoms with Gasteiger partial charge in [-0.15, -0.1) is 0 Å². The van der Waals surface area contributed by atoms with Crippen LogP contribution < -0.4 is 16.0 Å². The van der Waals surface area contributed by atoms with Gasteiger partial charge in [-0.1, -0.05) is 19.1 Å². The highest BCUT2D eigenvalue weighted by atomic mass is 16.5. The first-order valence-electron chi connectivity index (χ1n) is 6.35. The summed E-state index contributed by atoms with van der Waals surface area (Å²) in [4.78, 5) is 8.91. The molecule has 0 atom stereocenters. The fourth-order valence-corrected chi connectivity index (χ4v) is 1.81. The SMILES string of the molecule is CCOc1ccccc1-c1nc(CC)cc(NN)n1. The Bertz CT molecular complexity index is 535. The van der Waals surface area contributed by atoms with Gasteiger partial charge in [0.1, 0.15) is 11.6 Å². The van der Waals surface area contributed by atoms with E-state index in [-0.39, 0.29) is 0 Å². The Hall–Kier alpha value is -2.14. The van der Waals surface area contributed by atoms with Gasteiger partial charge in [0.15, 0.2) is 5.82 Å². The van der Waals surface area contributed by atoms with E-state index in [1.54, 1.807) is 0 Å². The number of rotatable bonds is 5. The van der Waals surface area contributed by atoms with Crippen molar-refractivity contribution < 1.29 is 4.74 Å². The van der Waals surface area contributed by atoms with Gasteiger partial charge in [-0.3, -0.25) is 0 Å². The van der Waals surface area contributed by atoms with E-state index in [4.69, 9.17) is 10.6 Å². The van der Waals surface area contributed by atoms with Crippen molar-refractivity contribution in [1.82, 2.24) is 9.97 Å². The maximum atomic E-state index is 5.61. The number of anilines is 1. The van der Waals surface area contributed by atoms with E-state index in [9.17, 15) is 0 Å². The van der Waals surface area contributed by atoms with Crippen LogP contribution in [0.15, 0.2) is 30.3 Å². The number of nitrogen functional groups attached to an aromatic ring is 1. The van der Waals surface area contributed by atoms with Gasteiger partial charge in [-0.05, 0) is 25.5 Å². The Morgan fingerprint density at radius 2 is 2.00 bits per heavy atom. The fraction of sp³-hybridized carbons (Fsp3) is 0.286. The Balaban J connectivity index is 2.51. The van der Waals surface area contributed by atoms with Crippen LogP contribution in [0.1, 0.15) is 19.5 Å². The molecule has 0 spiro atoms. The molecular formula is C14H18N4O. The highest BCUT2D eigenvalue weighted by Gasteiger charge is 2.10. The van der Waals surface area contributed by atoms with E-state index >= 15 is 0 Å². The second-order valence-electron chi connectivity index (χ2n) is 4.00. The predicted molar refractivity (Wildman–Crippen MR) is 75.8 cm³/mol. The summed E-state index contributed by atoms with van der Waals surface area (Å²) in [7, 11) is 0. The van der Waals surface area contributed by atoms with E-state index < -0.39 is 0 Å². The van der Waals surface area contributed by atoms with Gasteiger partial charge in [0.05, 0.1) is 12.2 Å². The largest absolute Gasteiger partial charge is 0.493 e. The smallest absolute Gasteiger partial charge is 0.165 e. The number of aromatic nitrogens is 2. The van der Waals surface area contributed by atoms with Gasteiger partial charge >= 0.3 is 0 Å². The molecule has 0 fully saturated rings. The Morgan fingerprint density at radius 3 is 2.68 bits per heavy atom. The highest BCUT2D eigenvalue weighted by molar-refractivity contribution is 5.65. The van der Waals surface area contributed by atoms with Crippen molar-refractivity contribution >= 4 is 5.82 Å². The molecule has 5 nitrogen and oxygen atoms in total. The van der Waals surface area contributed by atoms with Gasteiger partial charge in [-0.25, -0.2) is 15.8 Å². The molecule has 0 bridgehead atoms. The zero-order valence-corrected chi connectivity index (χ0v) is 11.2. The van der Waals surface area contributed by atoms with Crippen molar-refractivity contribution in [3.05, 3.63) is 36.0 Å². The lowest BCUT2D eigenvalue weighted by atomic mass is 10.1. The molecule has 2 rings (SSSR count). The van der Waals surface area contributed by atoms with Gasteiger partial charge in [-0.2, -0.15) is 0 Å². The van der Waals surface area contributed by atoms with Crippen LogP contribution in [0.5, 0.6) is 5.75 Å². The monoisotopic (exact) mass is 258 g/mol. The summed E-state index contributed by atoms with van der Waals surface area (Å²) in [5.41, 5.74) is 4.38. The third-order valence-corrected chi connectivity index (χ3v) is 2.72. The molecular weight excluding hydrogens is 240 g/mol. The van der Waals surface area contributed by atoms with Crippen LogP contribution in [0, 0.1) is 0 Å². The van der Waals surface area contributed by atoms with Crippen molar-refractivity contribution in [1.29, 1.82) is 0 Å².